The van der Waals surface area contributed by atoms with Gasteiger partial charge < -0.3 is 9.64 Å². The highest BCUT2D eigenvalue weighted by Crippen LogP contribution is 2.35. The fourth-order valence-electron chi connectivity index (χ4n) is 3.84. The van der Waals surface area contributed by atoms with Gasteiger partial charge in [-0.1, -0.05) is 12.1 Å². The second-order valence-electron chi connectivity index (χ2n) is 7.75. The zero-order valence-corrected chi connectivity index (χ0v) is 19.1. The summed E-state index contributed by atoms with van der Waals surface area (Å²) in [6, 6.07) is 8.31. The van der Waals surface area contributed by atoms with Gasteiger partial charge in [0.05, 0.1) is 41.9 Å². The molecule has 4 aromatic rings. The Balaban J connectivity index is 1.50. The lowest BCUT2D eigenvalue weighted by Crippen LogP contribution is -2.36. The smallest absolute Gasteiger partial charge is 0.146 e. The first kappa shape index (κ1) is 19.8. The number of para-hydroxylation sites is 1. The van der Waals surface area contributed by atoms with Crippen molar-refractivity contribution in [3.8, 4) is 0 Å². The Morgan fingerprint density at radius 2 is 1.87 bits per heavy atom. The number of nitrogens with zero attached hydrogens (tertiary/aromatic N) is 5. The minimum Gasteiger partial charge on any atom is -0.379 e. The summed E-state index contributed by atoms with van der Waals surface area (Å²) in [5, 5.41) is 2.27. The summed E-state index contributed by atoms with van der Waals surface area (Å²) < 4.78 is 6.71. The molecule has 6 nitrogen and oxygen atoms in total. The zero-order chi connectivity index (χ0) is 20.7. The molecule has 1 aliphatic rings. The molecule has 1 aliphatic heterocycles. The van der Waals surface area contributed by atoms with Crippen molar-refractivity contribution in [1.29, 1.82) is 0 Å². The molecule has 5 rings (SSSR count). The molecule has 0 radical (unpaired) electrons. The Morgan fingerprint density at radius 3 is 2.67 bits per heavy atom. The first-order valence-electron chi connectivity index (χ1n) is 10.2. The first-order valence-corrected chi connectivity index (χ1v) is 11.8. The van der Waals surface area contributed by atoms with Gasteiger partial charge in [0.25, 0.3) is 0 Å². The monoisotopic (exact) mass is 439 g/mol. The molecule has 4 heterocycles. The Labute approximate surface area is 184 Å². The van der Waals surface area contributed by atoms with Crippen molar-refractivity contribution in [2.24, 2.45) is 0 Å². The maximum atomic E-state index is 5.49. The molecule has 0 saturated carbocycles. The predicted octanol–water partition coefficient (Wildman–Crippen LogP) is 4.39. The molecule has 30 heavy (non-hydrogen) atoms. The Hall–Kier alpha value is -2.13. The van der Waals surface area contributed by atoms with Gasteiger partial charge in [-0.05, 0) is 31.5 Å². The van der Waals surface area contributed by atoms with E-state index in [-0.39, 0.29) is 0 Å². The van der Waals surface area contributed by atoms with Crippen molar-refractivity contribution in [2.75, 3.05) is 38.3 Å². The van der Waals surface area contributed by atoms with Crippen molar-refractivity contribution in [1.82, 2.24) is 19.9 Å². The number of anilines is 1. The van der Waals surface area contributed by atoms with Gasteiger partial charge in [0.2, 0.25) is 0 Å². The van der Waals surface area contributed by atoms with E-state index in [1.54, 1.807) is 22.7 Å². The van der Waals surface area contributed by atoms with Crippen LogP contribution in [0.4, 0.5) is 5.82 Å². The summed E-state index contributed by atoms with van der Waals surface area (Å²) in [6.07, 6.45) is 0. The fourth-order valence-corrected chi connectivity index (χ4v) is 5.91. The highest BCUT2D eigenvalue weighted by Gasteiger charge is 2.20. The SMILES string of the molecule is Cc1sc2nc(CN3CCOCC3)nc(N(C)Cc3nc4ccccc4s3)c2c1C. The van der Waals surface area contributed by atoms with Crippen LogP contribution < -0.4 is 4.90 Å². The molecule has 0 unspecified atom stereocenters. The number of benzene rings is 1. The number of rotatable bonds is 5. The number of morpholine rings is 1. The van der Waals surface area contributed by atoms with Crippen LogP contribution in [0.15, 0.2) is 24.3 Å². The Kier molecular flexibility index (Phi) is 5.41. The third kappa shape index (κ3) is 3.80. The van der Waals surface area contributed by atoms with Gasteiger partial charge in [0.15, 0.2) is 0 Å². The average molecular weight is 440 g/mol. The number of thiazole rings is 1. The van der Waals surface area contributed by atoms with Crippen molar-refractivity contribution < 1.29 is 4.74 Å². The number of fused-ring (bicyclic) bond motifs is 2. The van der Waals surface area contributed by atoms with Crippen molar-refractivity contribution >= 4 is 48.9 Å². The van der Waals surface area contributed by atoms with Crippen LogP contribution in [-0.2, 0) is 17.8 Å². The summed E-state index contributed by atoms with van der Waals surface area (Å²) in [4.78, 5) is 21.7. The van der Waals surface area contributed by atoms with Gasteiger partial charge in [-0.3, -0.25) is 4.90 Å². The molecule has 3 aromatic heterocycles. The van der Waals surface area contributed by atoms with Crippen LogP contribution in [0.1, 0.15) is 21.3 Å². The number of aryl methyl sites for hydroxylation is 2. The maximum absolute atomic E-state index is 5.49. The summed E-state index contributed by atoms with van der Waals surface area (Å²) in [7, 11) is 2.11. The van der Waals surface area contributed by atoms with Gasteiger partial charge in [0.1, 0.15) is 21.5 Å². The summed E-state index contributed by atoms with van der Waals surface area (Å²) in [5.41, 5.74) is 2.34. The van der Waals surface area contributed by atoms with E-state index in [1.165, 1.54) is 20.5 Å². The van der Waals surface area contributed by atoms with E-state index in [0.29, 0.717) is 0 Å². The van der Waals surface area contributed by atoms with Gasteiger partial charge in [-0.2, -0.15) is 0 Å². The molecule has 0 bridgehead atoms. The summed E-state index contributed by atoms with van der Waals surface area (Å²) >= 11 is 3.51. The van der Waals surface area contributed by atoms with Gasteiger partial charge in [-0.25, -0.2) is 15.0 Å². The van der Waals surface area contributed by atoms with Crippen molar-refractivity contribution in [3.63, 3.8) is 0 Å². The second-order valence-corrected chi connectivity index (χ2v) is 10.1. The van der Waals surface area contributed by atoms with Crippen LogP contribution in [0.2, 0.25) is 0 Å². The van der Waals surface area contributed by atoms with Crippen LogP contribution in [0.5, 0.6) is 0 Å². The van der Waals surface area contributed by atoms with Gasteiger partial charge in [0, 0.05) is 25.0 Å². The van der Waals surface area contributed by atoms with E-state index in [9.17, 15) is 0 Å². The van der Waals surface area contributed by atoms with E-state index in [4.69, 9.17) is 19.7 Å². The molecule has 0 aliphatic carbocycles. The van der Waals surface area contributed by atoms with E-state index >= 15 is 0 Å². The standard InChI is InChI=1S/C22H25N5OS2/c1-14-15(2)29-22-20(14)21(24-18(25-22)12-27-8-10-28-11-9-27)26(3)13-19-23-16-6-4-5-7-17(16)30-19/h4-7H,8-13H2,1-3H3. The number of hydrogen-bond acceptors (Lipinski definition) is 8. The van der Waals surface area contributed by atoms with Crippen molar-refractivity contribution in [3.05, 3.63) is 45.5 Å². The van der Waals surface area contributed by atoms with E-state index in [0.717, 1.165) is 66.4 Å². The summed E-state index contributed by atoms with van der Waals surface area (Å²) in [5.74, 6) is 1.89. The molecule has 8 heteroatoms. The number of thiophene rings is 1. The molecule has 1 aromatic carbocycles. The fraction of sp³-hybridized carbons (Fsp3) is 0.409. The van der Waals surface area contributed by atoms with Crippen LogP contribution in [0.25, 0.3) is 20.4 Å². The molecule has 0 atom stereocenters. The van der Waals surface area contributed by atoms with Crippen LogP contribution in [-0.4, -0.2) is 53.2 Å². The highest BCUT2D eigenvalue weighted by atomic mass is 32.1. The quantitative estimate of drug-likeness (QED) is 0.460. The molecule has 0 amide bonds. The van der Waals surface area contributed by atoms with E-state index in [1.807, 2.05) is 6.07 Å². The molecule has 1 saturated heterocycles. The normalized spacial score (nSPS) is 15.3. The lowest BCUT2D eigenvalue weighted by molar-refractivity contribution is 0.0331. The molecular formula is C22H25N5OS2. The largest absolute Gasteiger partial charge is 0.379 e. The first-order chi connectivity index (χ1) is 14.6. The van der Waals surface area contributed by atoms with Gasteiger partial charge >= 0.3 is 0 Å². The minimum atomic E-state index is 0.733. The second kappa shape index (κ2) is 8.19. The topological polar surface area (TPSA) is 54.4 Å². The predicted molar refractivity (Wildman–Crippen MR) is 125 cm³/mol. The van der Waals surface area contributed by atoms with Crippen LogP contribution >= 0.6 is 22.7 Å². The molecule has 0 spiro atoms. The Morgan fingerprint density at radius 1 is 1.07 bits per heavy atom. The van der Waals surface area contributed by atoms with Gasteiger partial charge in [-0.15, -0.1) is 22.7 Å². The van der Waals surface area contributed by atoms with Crippen LogP contribution in [0.3, 0.4) is 0 Å². The Bertz CT molecular complexity index is 1160. The van der Waals surface area contributed by atoms with E-state index in [2.05, 4.69) is 48.9 Å². The van der Waals surface area contributed by atoms with Crippen LogP contribution in [0, 0.1) is 13.8 Å². The lowest BCUT2D eigenvalue weighted by Gasteiger charge is -2.26. The molecule has 156 valence electrons. The van der Waals surface area contributed by atoms with E-state index < -0.39 is 0 Å². The third-order valence-electron chi connectivity index (χ3n) is 5.60. The average Bonchev–Trinajstić information content (AvgIpc) is 3.28. The number of hydrogen-bond donors (Lipinski definition) is 0. The molecule has 0 N–H and O–H groups in total. The minimum absolute atomic E-state index is 0.733. The summed E-state index contributed by atoms with van der Waals surface area (Å²) in [6.45, 7) is 9.26. The highest BCUT2D eigenvalue weighted by molar-refractivity contribution is 7.19. The molecular weight excluding hydrogens is 414 g/mol. The number of ether oxygens (including phenoxy) is 1. The van der Waals surface area contributed by atoms with Crippen molar-refractivity contribution in [2.45, 2.75) is 26.9 Å². The molecule has 1 fully saturated rings. The maximum Gasteiger partial charge on any atom is 0.146 e. The number of aromatic nitrogens is 3. The lowest BCUT2D eigenvalue weighted by atomic mass is 10.2. The third-order valence-corrected chi connectivity index (χ3v) is 7.72. The zero-order valence-electron chi connectivity index (χ0n) is 17.5.